The topological polar surface area (TPSA) is 70.7 Å². The lowest BCUT2D eigenvalue weighted by molar-refractivity contribution is -0.119. The standard InChI is InChI=1S/C23H20Cl2FN3O3/c24-21(25)22(30)27-14-15-29(23(31)28-20-9-5-4-8-19(20)26)16-10-12-18(13-11-16)32-17-6-2-1-3-7-17/h1-13,21H,14-15H2,(H,27,30)(H,28,31). The molecule has 0 aliphatic carbocycles. The number of nitrogens with one attached hydrogen (secondary N) is 2. The van der Waals surface area contributed by atoms with E-state index in [9.17, 15) is 14.0 Å². The zero-order valence-corrected chi connectivity index (χ0v) is 18.3. The molecule has 3 aromatic carbocycles. The molecule has 6 nitrogen and oxygen atoms in total. The van der Waals surface area contributed by atoms with Gasteiger partial charge in [-0.25, -0.2) is 9.18 Å². The second-order valence-corrected chi connectivity index (χ2v) is 7.66. The summed E-state index contributed by atoms with van der Waals surface area (Å²) < 4.78 is 19.8. The molecule has 3 aromatic rings. The van der Waals surface area contributed by atoms with Gasteiger partial charge >= 0.3 is 6.03 Å². The second-order valence-electron chi connectivity index (χ2n) is 6.56. The summed E-state index contributed by atoms with van der Waals surface area (Å²) in [6.07, 6.45) is 0. The number of halogens is 3. The minimum absolute atomic E-state index is 0.0390. The van der Waals surface area contributed by atoms with Crippen molar-refractivity contribution in [3.8, 4) is 11.5 Å². The van der Waals surface area contributed by atoms with Gasteiger partial charge in [0.25, 0.3) is 5.91 Å². The highest BCUT2D eigenvalue weighted by Gasteiger charge is 2.18. The summed E-state index contributed by atoms with van der Waals surface area (Å²) in [5, 5.41) is 5.07. The van der Waals surface area contributed by atoms with Crippen LogP contribution in [0.4, 0.5) is 20.6 Å². The van der Waals surface area contributed by atoms with Crippen molar-refractivity contribution in [3.05, 3.63) is 84.7 Å². The summed E-state index contributed by atoms with van der Waals surface area (Å²) in [6, 6.07) is 21.3. The van der Waals surface area contributed by atoms with E-state index in [0.717, 1.165) is 0 Å². The van der Waals surface area contributed by atoms with Crippen molar-refractivity contribution >= 4 is 46.5 Å². The average molecular weight is 476 g/mol. The number of alkyl halides is 2. The number of hydrogen-bond donors (Lipinski definition) is 2. The molecule has 166 valence electrons. The minimum atomic E-state index is -1.22. The number of para-hydroxylation sites is 2. The van der Waals surface area contributed by atoms with Gasteiger partial charge in [0.1, 0.15) is 17.3 Å². The van der Waals surface area contributed by atoms with Gasteiger partial charge < -0.3 is 15.4 Å². The molecule has 32 heavy (non-hydrogen) atoms. The van der Waals surface area contributed by atoms with Crippen LogP contribution in [0, 0.1) is 5.82 Å². The van der Waals surface area contributed by atoms with Crippen LogP contribution in [-0.4, -0.2) is 29.9 Å². The Labute approximate surface area is 194 Å². The first kappa shape index (κ1) is 23.4. The fourth-order valence-electron chi connectivity index (χ4n) is 2.78. The Kier molecular flexibility index (Phi) is 8.30. The molecule has 2 N–H and O–H groups in total. The normalized spacial score (nSPS) is 10.5. The van der Waals surface area contributed by atoms with Gasteiger partial charge in [-0.1, -0.05) is 53.5 Å². The van der Waals surface area contributed by atoms with E-state index in [-0.39, 0.29) is 18.8 Å². The summed E-state index contributed by atoms with van der Waals surface area (Å²) >= 11 is 11.1. The first-order chi connectivity index (χ1) is 15.4. The van der Waals surface area contributed by atoms with Crippen molar-refractivity contribution in [2.75, 3.05) is 23.3 Å². The Bertz CT molecular complexity index is 1050. The Morgan fingerprint density at radius 2 is 1.53 bits per heavy atom. The van der Waals surface area contributed by atoms with Crippen molar-refractivity contribution in [2.24, 2.45) is 0 Å². The van der Waals surface area contributed by atoms with Gasteiger partial charge in [0.05, 0.1) is 5.69 Å². The zero-order valence-electron chi connectivity index (χ0n) is 16.8. The molecule has 0 radical (unpaired) electrons. The first-order valence-electron chi connectivity index (χ1n) is 9.66. The number of anilines is 2. The lowest BCUT2D eigenvalue weighted by Crippen LogP contribution is -2.42. The molecule has 0 saturated carbocycles. The second kappa shape index (κ2) is 11.4. The van der Waals surface area contributed by atoms with Gasteiger partial charge in [0, 0.05) is 18.8 Å². The quantitative estimate of drug-likeness (QED) is 0.418. The number of hydrogen-bond acceptors (Lipinski definition) is 3. The molecular formula is C23H20Cl2FN3O3. The van der Waals surface area contributed by atoms with E-state index in [4.69, 9.17) is 27.9 Å². The van der Waals surface area contributed by atoms with Crippen molar-refractivity contribution < 1.29 is 18.7 Å². The van der Waals surface area contributed by atoms with Crippen molar-refractivity contribution in [2.45, 2.75) is 4.84 Å². The van der Waals surface area contributed by atoms with E-state index >= 15 is 0 Å². The fraction of sp³-hybridized carbons (Fsp3) is 0.130. The van der Waals surface area contributed by atoms with E-state index in [1.165, 1.54) is 23.1 Å². The monoisotopic (exact) mass is 475 g/mol. The molecule has 0 aromatic heterocycles. The molecule has 0 unspecified atom stereocenters. The number of ether oxygens (including phenoxy) is 1. The van der Waals surface area contributed by atoms with E-state index in [1.54, 1.807) is 30.3 Å². The number of urea groups is 1. The Hall–Kier alpha value is -3.29. The van der Waals surface area contributed by atoms with Crippen LogP contribution in [0.2, 0.25) is 0 Å². The number of nitrogens with zero attached hydrogens (tertiary/aromatic N) is 1. The largest absolute Gasteiger partial charge is 0.457 e. The highest BCUT2D eigenvalue weighted by atomic mass is 35.5. The number of rotatable bonds is 8. The van der Waals surface area contributed by atoms with Crippen LogP contribution in [0.3, 0.4) is 0 Å². The molecular weight excluding hydrogens is 456 g/mol. The molecule has 9 heteroatoms. The molecule has 0 aliphatic heterocycles. The first-order valence-corrected chi connectivity index (χ1v) is 10.5. The Morgan fingerprint density at radius 3 is 2.19 bits per heavy atom. The lowest BCUT2D eigenvalue weighted by atomic mass is 10.2. The third kappa shape index (κ3) is 6.60. The number of carbonyl (C=O) groups excluding carboxylic acids is 2. The van der Waals surface area contributed by atoms with Gasteiger partial charge in [-0.3, -0.25) is 9.69 Å². The van der Waals surface area contributed by atoms with E-state index < -0.39 is 22.6 Å². The predicted octanol–water partition coefficient (Wildman–Crippen LogP) is 5.58. The summed E-state index contributed by atoms with van der Waals surface area (Å²) in [5.74, 6) is 0.117. The molecule has 0 heterocycles. The van der Waals surface area contributed by atoms with Crippen LogP contribution in [0.5, 0.6) is 11.5 Å². The molecule has 0 saturated heterocycles. The molecule has 0 aliphatic rings. The minimum Gasteiger partial charge on any atom is -0.457 e. The van der Waals surface area contributed by atoms with Crippen LogP contribution < -0.4 is 20.3 Å². The van der Waals surface area contributed by atoms with Crippen LogP contribution >= 0.6 is 23.2 Å². The highest BCUT2D eigenvalue weighted by molar-refractivity contribution is 6.53. The molecule has 0 fully saturated rings. The van der Waals surface area contributed by atoms with Gasteiger partial charge in [0.2, 0.25) is 0 Å². The predicted molar refractivity (Wildman–Crippen MR) is 124 cm³/mol. The lowest BCUT2D eigenvalue weighted by Gasteiger charge is -2.24. The van der Waals surface area contributed by atoms with Crippen molar-refractivity contribution in [1.82, 2.24) is 5.32 Å². The number of amides is 3. The van der Waals surface area contributed by atoms with E-state index in [2.05, 4.69) is 10.6 Å². The summed E-state index contributed by atoms with van der Waals surface area (Å²) in [6.45, 7) is 0.174. The summed E-state index contributed by atoms with van der Waals surface area (Å²) in [5.41, 5.74) is 0.555. The fourth-order valence-corrected chi connectivity index (χ4v) is 2.93. The maximum Gasteiger partial charge on any atom is 0.326 e. The van der Waals surface area contributed by atoms with Crippen molar-refractivity contribution in [1.29, 1.82) is 0 Å². The number of carbonyl (C=O) groups is 2. The maximum atomic E-state index is 14.0. The van der Waals surface area contributed by atoms with Gasteiger partial charge in [-0.05, 0) is 48.5 Å². The molecule has 0 atom stereocenters. The highest BCUT2D eigenvalue weighted by Crippen LogP contribution is 2.25. The Morgan fingerprint density at radius 1 is 0.906 bits per heavy atom. The summed E-state index contributed by atoms with van der Waals surface area (Å²) in [7, 11) is 0. The van der Waals surface area contributed by atoms with Crippen LogP contribution in [0.15, 0.2) is 78.9 Å². The van der Waals surface area contributed by atoms with Gasteiger partial charge in [-0.2, -0.15) is 0 Å². The molecule has 3 amide bonds. The van der Waals surface area contributed by atoms with Crippen LogP contribution in [0.25, 0.3) is 0 Å². The summed E-state index contributed by atoms with van der Waals surface area (Å²) in [4.78, 5) is 24.7. The Balaban J connectivity index is 1.75. The third-order valence-electron chi connectivity index (χ3n) is 4.32. The van der Waals surface area contributed by atoms with E-state index in [1.807, 2.05) is 30.3 Å². The van der Waals surface area contributed by atoms with Gasteiger partial charge in [-0.15, -0.1) is 0 Å². The number of benzene rings is 3. The smallest absolute Gasteiger partial charge is 0.326 e. The molecule has 0 bridgehead atoms. The molecule has 3 rings (SSSR count). The van der Waals surface area contributed by atoms with Crippen molar-refractivity contribution in [3.63, 3.8) is 0 Å². The molecule has 0 spiro atoms. The van der Waals surface area contributed by atoms with Gasteiger partial charge in [0.15, 0.2) is 4.84 Å². The third-order valence-corrected chi connectivity index (χ3v) is 4.72. The zero-order chi connectivity index (χ0) is 22.9. The van der Waals surface area contributed by atoms with E-state index in [0.29, 0.717) is 17.2 Å². The van der Waals surface area contributed by atoms with Crippen LogP contribution in [0.1, 0.15) is 0 Å². The SMILES string of the molecule is O=C(NCCN(C(=O)Nc1ccccc1F)c1ccc(Oc2ccccc2)cc1)C(Cl)Cl. The maximum absolute atomic E-state index is 14.0. The van der Waals surface area contributed by atoms with Crippen LogP contribution in [-0.2, 0) is 4.79 Å². The average Bonchev–Trinajstić information content (AvgIpc) is 2.79.